The molecular weight excluding hydrogens is 497 g/mol. The van der Waals surface area contributed by atoms with Crippen LogP contribution in [0, 0.1) is 12.7 Å². The fourth-order valence-electron chi connectivity index (χ4n) is 3.81. The molecule has 0 bridgehead atoms. The maximum Gasteiger partial charge on any atom is 0.273 e. The molecule has 0 radical (unpaired) electrons. The van der Waals surface area contributed by atoms with Gasteiger partial charge in [0.15, 0.2) is 17.3 Å². The molecule has 1 amide bonds. The van der Waals surface area contributed by atoms with Crippen LogP contribution < -0.4 is 10.6 Å². The summed E-state index contributed by atoms with van der Waals surface area (Å²) in [5.41, 5.74) is 3.26. The minimum Gasteiger partial charge on any atom is -0.346 e. The number of aryl methyl sites for hydroxylation is 1. The quantitative estimate of drug-likeness (QED) is 0.241. The maximum atomic E-state index is 14.9. The van der Waals surface area contributed by atoms with Gasteiger partial charge in [-0.15, -0.1) is 0 Å². The van der Waals surface area contributed by atoms with Gasteiger partial charge in [0.05, 0.1) is 12.2 Å². The van der Waals surface area contributed by atoms with Crippen molar-refractivity contribution in [3.63, 3.8) is 0 Å². The normalized spacial score (nSPS) is 10.7. The van der Waals surface area contributed by atoms with Crippen LogP contribution in [0.3, 0.4) is 0 Å². The van der Waals surface area contributed by atoms with Gasteiger partial charge < -0.3 is 15.6 Å². The van der Waals surface area contributed by atoms with Crippen LogP contribution >= 0.6 is 0 Å². The number of benzene rings is 1. The molecule has 0 unspecified atom stereocenters. The third-order valence-electron chi connectivity index (χ3n) is 5.66. The lowest BCUT2D eigenvalue weighted by Crippen LogP contribution is -2.25. The van der Waals surface area contributed by atoms with E-state index in [1.807, 2.05) is 42.5 Å². The molecule has 0 aliphatic heterocycles. The Balaban J connectivity index is 1.26. The highest BCUT2D eigenvalue weighted by atomic mass is 19.1. The fraction of sp³-hybridized carbons (Fsp3) is 0.107. The van der Waals surface area contributed by atoms with Crippen molar-refractivity contribution in [3.05, 3.63) is 102 Å². The monoisotopic (exact) mass is 521 g/mol. The summed E-state index contributed by atoms with van der Waals surface area (Å²) >= 11 is 0. The first-order chi connectivity index (χ1) is 19.0. The van der Waals surface area contributed by atoms with E-state index < -0.39 is 11.7 Å². The molecule has 0 saturated heterocycles. The number of aromatic nitrogens is 6. The third kappa shape index (κ3) is 6.16. The zero-order chi connectivity index (χ0) is 27.2. The molecule has 4 aromatic heterocycles. The number of H-pyrrole nitrogens is 1. The number of aromatic amines is 1. The first-order valence-electron chi connectivity index (χ1n) is 12.0. The second kappa shape index (κ2) is 11.4. The first kappa shape index (κ1) is 25.3. The van der Waals surface area contributed by atoms with E-state index in [0.29, 0.717) is 35.3 Å². The molecule has 5 aromatic rings. The van der Waals surface area contributed by atoms with Gasteiger partial charge in [0.25, 0.3) is 5.91 Å². The summed E-state index contributed by atoms with van der Waals surface area (Å²) in [6, 6.07) is 16.4. The summed E-state index contributed by atoms with van der Waals surface area (Å²) < 4.78 is 14.9. The smallest absolute Gasteiger partial charge is 0.273 e. The number of carbonyl (C=O) groups is 1. The van der Waals surface area contributed by atoms with Gasteiger partial charge in [0, 0.05) is 48.0 Å². The predicted molar refractivity (Wildman–Crippen MR) is 146 cm³/mol. The van der Waals surface area contributed by atoms with Gasteiger partial charge in [-0.2, -0.15) is 0 Å². The van der Waals surface area contributed by atoms with Gasteiger partial charge in [0.2, 0.25) is 0 Å². The summed E-state index contributed by atoms with van der Waals surface area (Å²) in [6.07, 6.45) is 4.73. The molecule has 0 fully saturated rings. The molecule has 3 N–H and O–H groups in total. The number of pyridine rings is 2. The van der Waals surface area contributed by atoms with Crippen molar-refractivity contribution >= 4 is 24.3 Å². The molecule has 5 rings (SSSR count). The molecule has 11 heteroatoms. The zero-order valence-corrected chi connectivity index (χ0v) is 21.0. The molecular formula is C28H24FN9O. The van der Waals surface area contributed by atoms with Crippen molar-refractivity contribution in [2.75, 3.05) is 5.32 Å². The van der Waals surface area contributed by atoms with Crippen LogP contribution in [0.1, 0.15) is 27.6 Å². The van der Waals surface area contributed by atoms with Gasteiger partial charge in [-0.3, -0.25) is 14.8 Å². The number of aliphatic imine (C=N–C) groups is 1. The van der Waals surface area contributed by atoms with Crippen LogP contribution in [0.4, 0.5) is 16.0 Å². The van der Waals surface area contributed by atoms with Crippen LogP contribution in [0.15, 0.2) is 78.2 Å². The lowest BCUT2D eigenvalue weighted by molar-refractivity contribution is 0.0941. The predicted octanol–water partition coefficient (Wildman–Crippen LogP) is 4.65. The SMILES string of the molecule is C=NCc1nc(Nc2cc(C)nc(-c3cnc(C(=O)NCc4ccc(-c5ccccc5)nc4)c(F)c3)n2)c[nH]1. The van der Waals surface area contributed by atoms with E-state index in [2.05, 4.69) is 52.2 Å². The maximum absolute atomic E-state index is 14.9. The molecule has 1 aromatic carbocycles. The van der Waals surface area contributed by atoms with Crippen molar-refractivity contribution in [2.24, 2.45) is 4.99 Å². The van der Waals surface area contributed by atoms with Crippen molar-refractivity contribution in [1.29, 1.82) is 0 Å². The number of imidazole rings is 1. The lowest BCUT2D eigenvalue weighted by atomic mass is 10.1. The average Bonchev–Trinajstić information content (AvgIpc) is 3.39. The van der Waals surface area contributed by atoms with Crippen molar-refractivity contribution in [3.8, 4) is 22.6 Å². The van der Waals surface area contributed by atoms with Gasteiger partial charge >= 0.3 is 0 Å². The number of hydrogen-bond acceptors (Lipinski definition) is 8. The van der Waals surface area contributed by atoms with Crippen LogP contribution in [-0.4, -0.2) is 42.5 Å². The van der Waals surface area contributed by atoms with Crippen molar-refractivity contribution < 1.29 is 9.18 Å². The van der Waals surface area contributed by atoms with E-state index in [1.165, 1.54) is 12.3 Å². The standard InChI is InChI=1S/C28H24FN9O/c1-17-10-23(36-25-16-32-24(37-25)15-30-2)38-27(35-17)20-11-21(29)26(33-14-20)28(39)34-13-18-8-9-22(31-12-18)19-6-4-3-5-7-19/h3-12,14,16H,2,13,15H2,1H3,(H,32,37)(H,34,39)(H,35,36,38). The Hall–Kier alpha value is -5.32. The zero-order valence-electron chi connectivity index (χ0n) is 21.0. The minimum atomic E-state index is -0.781. The van der Waals surface area contributed by atoms with E-state index in [9.17, 15) is 9.18 Å². The number of nitrogens with zero attached hydrogens (tertiary/aromatic N) is 6. The van der Waals surface area contributed by atoms with Crippen molar-refractivity contribution in [2.45, 2.75) is 20.0 Å². The van der Waals surface area contributed by atoms with E-state index >= 15 is 0 Å². The Bertz CT molecular complexity index is 1620. The number of amides is 1. The number of carbonyl (C=O) groups excluding carboxylic acids is 1. The number of rotatable bonds is 9. The summed E-state index contributed by atoms with van der Waals surface area (Å²) in [4.78, 5) is 41.1. The highest BCUT2D eigenvalue weighted by Crippen LogP contribution is 2.22. The van der Waals surface area contributed by atoms with Gasteiger partial charge in [-0.25, -0.2) is 24.3 Å². The molecule has 194 valence electrons. The van der Waals surface area contributed by atoms with E-state index in [4.69, 9.17) is 0 Å². The summed E-state index contributed by atoms with van der Waals surface area (Å²) in [5, 5.41) is 5.77. The van der Waals surface area contributed by atoms with Crippen LogP contribution in [-0.2, 0) is 13.1 Å². The Morgan fingerprint density at radius 2 is 1.85 bits per heavy atom. The van der Waals surface area contributed by atoms with Crippen molar-refractivity contribution in [1.82, 2.24) is 35.2 Å². The summed E-state index contributed by atoms with van der Waals surface area (Å²) in [5.74, 6) is 0.497. The van der Waals surface area contributed by atoms with E-state index in [1.54, 1.807) is 25.4 Å². The van der Waals surface area contributed by atoms with Gasteiger partial charge in [-0.05, 0) is 31.3 Å². The Morgan fingerprint density at radius 1 is 1.00 bits per heavy atom. The highest BCUT2D eigenvalue weighted by molar-refractivity contribution is 5.92. The molecule has 4 heterocycles. The Kier molecular flexibility index (Phi) is 7.39. The molecule has 0 aliphatic rings. The topological polar surface area (TPSA) is 134 Å². The van der Waals surface area contributed by atoms with Gasteiger partial charge in [0.1, 0.15) is 17.5 Å². The second-order valence-corrected chi connectivity index (χ2v) is 8.61. The largest absolute Gasteiger partial charge is 0.346 e. The number of hydrogen-bond donors (Lipinski definition) is 3. The minimum absolute atomic E-state index is 0.178. The molecule has 0 aliphatic carbocycles. The van der Waals surface area contributed by atoms with Crippen LogP contribution in [0.5, 0.6) is 0 Å². The molecule has 0 saturated carbocycles. The summed E-state index contributed by atoms with van der Waals surface area (Å²) in [6.45, 7) is 5.78. The lowest BCUT2D eigenvalue weighted by Gasteiger charge is -2.09. The molecule has 39 heavy (non-hydrogen) atoms. The van der Waals surface area contributed by atoms with Gasteiger partial charge in [-0.1, -0.05) is 36.4 Å². The van der Waals surface area contributed by atoms with E-state index in [0.717, 1.165) is 16.8 Å². The molecule has 10 nitrogen and oxygen atoms in total. The number of halogens is 1. The van der Waals surface area contributed by atoms with Crippen LogP contribution in [0.2, 0.25) is 0 Å². The number of nitrogens with one attached hydrogen (secondary N) is 3. The number of anilines is 2. The summed E-state index contributed by atoms with van der Waals surface area (Å²) in [7, 11) is 0. The Labute approximate surface area is 223 Å². The first-order valence-corrected chi connectivity index (χ1v) is 12.0. The molecule has 0 spiro atoms. The second-order valence-electron chi connectivity index (χ2n) is 8.61. The van der Waals surface area contributed by atoms with Crippen LogP contribution in [0.25, 0.3) is 22.6 Å². The van der Waals surface area contributed by atoms with E-state index in [-0.39, 0.29) is 18.1 Å². The molecule has 0 atom stereocenters. The fourth-order valence-corrected chi connectivity index (χ4v) is 3.81. The Morgan fingerprint density at radius 3 is 2.59 bits per heavy atom. The average molecular weight is 522 g/mol. The highest BCUT2D eigenvalue weighted by Gasteiger charge is 2.16. The third-order valence-corrected chi connectivity index (χ3v) is 5.66.